The quantitative estimate of drug-likeness (QED) is 0.711. The first-order valence-electron chi connectivity index (χ1n) is 5.90. The molecule has 3 heterocycles. The van der Waals surface area contributed by atoms with Crippen molar-refractivity contribution >= 4 is 28.2 Å². The van der Waals surface area contributed by atoms with E-state index < -0.39 is 0 Å². The number of carbonyl (C=O) groups is 1. The Morgan fingerprint density at radius 2 is 2.32 bits per heavy atom. The standard InChI is InChI=1S/C13H9N5O/c19-9-3-1-2-8(4-9)10-5-14-13-12(10)18-7-16-17-11(18)6-15-13/h1-2,4-7,14H,3H2. The van der Waals surface area contributed by atoms with Gasteiger partial charge in [0.05, 0.1) is 6.20 Å². The number of H-pyrrole nitrogens is 1. The summed E-state index contributed by atoms with van der Waals surface area (Å²) in [5.74, 6) is 0.107. The second-order valence-corrected chi connectivity index (χ2v) is 4.39. The molecule has 0 atom stereocenters. The fraction of sp³-hybridized carbons (Fsp3) is 0.0769. The molecule has 0 unspecified atom stereocenters. The average Bonchev–Trinajstić information content (AvgIpc) is 3.04. The fourth-order valence-electron chi connectivity index (χ4n) is 2.34. The van der Waals surface area contributed by atoms with Crippen LogP contribution in [0.15, 0.2) is 36.9 Å². The van der Waals surface area contributed by atoms with Crippen LogP contribution in [0.5, 0.6) is 0 Å². The molecule has 6 nitrogen and oxygen atoms in total. The lowest BCUT2D eigenvalue weighted by Gasteiger charge is -2.05. The van der Waals surface area contributed by atoms with E-state index in [0.717, 1.165) is 22.3 Å². The lowest BCUT2D eigenvalue weighted by Crippen LogP contribution is -1.98. The van der Waals surface area contributed by atoms with Gasteiger partial charge in [0.2, 0.25) is 0 Å². The van der Waals surface area contributed by atoms with E-state index in [4.69, 9.17) is 0 Å². The first-order chi connectivity index (χ1) is 9.33. The molecule has 1 N–H and O–H groups in total. The number of ketones is 1. The summed E-state index contributed by atoms with van der Waals surface area (Å²) in [6.07, 6.45) is 11.1. The molecule has 0 amide bonds. The van der Waals surface area contributed by atoms with Crippen LogP contribution in [0.3, 0.4) is 0 Å². The summed E-state index contributed by atoms with van der Waals surface area (Å²) in [6, 6.07) is 0. The highest BCUT2D eigenvalue weighted by atomic mass is 16.1. The first-order valence-corrected chi connectivity index (χ1v) is 5.90. The minimum Gasteiger partial charge on any atom is -0.344 e. The van der Waals surface area contributed by atoms with Gasteiger partial charge in [-0.05, 0) is 11.6 Å². The molecule has 0 saturated carbocycles. The Bertz CT molecular complexity index is 868. The number of hydrogen-bond donors (Lipinski definition) is 1. The van der Waals surface area contributed by atoms with Crippen LogP contribution in [0.25, 0.3) is 22.4 Å². The number of aromatic amines is 1. The topological polar surface area (TPSA) is 75.9 Å². The smallest absolute Gasteiger partial charge is 0.179 e. The van der Waals surface area contributed by atoms with E-state index in [2.05, 4.69) is 20.2 Å². The Morgan fingerprint density at radius 3 is 3.21 bits per heavy atom. The van der Waals surface area contributed by atoms with Crippen molar-refractivity contribution in [1.29, 1.82) is 0 Å². The van der Waals surface area contributed by atoms with Gasteiger partial charge in [0.15, 0.2) is 17.1 Å². The van der Waals surface area contributed by atoms with E-state index >= 15 is 0 Å². The van der Waals surface area contributed by atoms with Crippen LogP contribution in [0, 0.1) is 0 Å². The molecule has 0 spiro atoms. The van der Waals surface area contributed by atoms with Gasteiger partial charge < -0.3 is 4.98 Å². The van der Waals surface area contributed by atoms with E-state index in [0.29, 0.717) is 12.1 Å². The Balaban J connectivity index is 2.07. The Morgan fingerprint density at radius 1 is 1.37 bits per heavy atom. The Kier molecular flexibility index (Phi) is 1.94. The van der Waals surface area contributed by atoms with Crippen molar-refractivity contribution in [3.05, 3.63) is 42.5 Å². The summed E-state index contributed by atoms with van der Waals surface area (Å²) in [5.41, 5.74) is 4.12. The van der Waals surface area contributed by atoms with Gasteiger partial charge >= 0.3 is 0 Å². The van der Waals surface area contributed by atoms with Crippen molar-refractivity contribution in [1.82, 2.24) is 24.6 Å². The molecular weight excluding hydrogens is 242 g/mol. The Labute approximate surface area is 107 Å². The van der Waals surface area contributed by atoms with Gasteiger partial charge in [-0.25, -0.2) is 4.98 Å². The minimum atomic E-state index is 0.107. The Hall–Kier alpha value is -2.76. The number of carbonyl (C=O) groups excluding carboxylic acids is 1. The number of hydrogen-bond acceptors (Lipinski definition) is 4. The van der Waals surface area contributed by atoms with E-state index in [-0.39, 0.29) is 5.78 Å². The highest BCUT2D eigenvalue weighted by Crippen LogP contribution is 2.27. The molecule has 0 aliphatic heterocycles. The summed E-state index contributed by atoms with van der Waals surface area (Å²) in [6.45, 7) is 0. The zero-order valence-corrected chi connectivity index (χ0v) is 9.87. The lowest BCUT2D eigenvalue weighted by atomic mass is 10.0. The van der Waals surface area contributed by atoms with Crippen LogP contribution in [0.2, 0.25) is 0 Å². The molecule has 0 radical (unpaired) electrons. The third-order valence-electron chi connectivity index (χ3n) is 3.20. The molecule has 92 valence electrons. The number of nitrogens with zero attached hydrogens (tertiary/aromatic N) is 4. The van der Waals surface area contributed by atoms with Crippen LogP contribution in [-0.2, 0) is 4.79 Å². The second-order valence-electron chi connectivity index (χ2n) is 4.39. The molecule has 0 saturated heterocycles. The molecular formula is C13H9N5O. The maximum Gasteiger partial charge on any atom is 0.179 e. The van der Waals surface area contributed by atoms with Gasteiger partial charge in [0.25, 0.3) is 0 Å². The van der Waals surface area contributed by atoms with Gasteiger partial charge in [-0.2, -0.15) is 0 Å². The minimum absolute atomic E-state index is 0.107. The molecule has 3 aromatic heterocycles. The molecule has 0 aromatic carbocycles. The molecule has 6 heteroatoms. The molecule has 4 rings (SSSR count). The number of allylic oxidation sites excluding steroid dienone is 4. The highest BCUT2D eigenvalue weighted by Gasteiger charge is 2.14. The first kappa shape index (κ1) is 10.2. The summed E-state index contributed by atoms with van der Waals surface area (Å²) >= 11 is 0. The van der Waals surface area contributed by atoms with Gasteiger partial charge in [-0.1, -0.05) is 12.2 Å². The highest BCUT2D eigenvalue weighted by molar-refractivity contribution is 6.05. The van der Waals surface area contributed by atoms with Gasteiger partial charge in [0.1, 0.15) is 11.8 Å². The maximum atomic E-state index is 11.5. The number of nitrogens with one attached hydrogen (secondary N) is 1. The van der Waals surface area contributed by atoms with Gasteiger partial charge in [-0.3, -0.25) is 9.20 Å². The largest absolute Gasteiger partial charge is 0.344 e. The monoisotopic (exact) mass is 251 g/mol. The zero-order chi connectivity index (χ0) is 12.8. The fourth-order valence-corrected chi connectivity index (χ4v) is 2.34. The van der Waals surface area contributed by atoms with Crippen molar-refractivity contribution in [2.24, 2.45) is 0 Å². The summed E-state index contributed by atoms with van der Waals surface area (Å²) in [5, 5.41) is 7.87. The number of aromatic nitrogens is 5. The molecule has 3 aromatic rings. The van der Waals surface area contributed by atoms with E-state index in [9.17, 15) is 4.79 Å². The second kappa shape index (κ2) is 3.61. The normalized spacial score (nSPS) is 15.4. The third kappa shape index (κ3) is 1.43. The summed E-state index contributed by atoms with van der Waals surface area (Å²) in [4.78, 5) is 18.9. The number of fused-ring (bicyclic) bond motifs is 3. The van der Waals surface area contributed by atoms with E-state index in [1.807, 2.05) is 22.7 Å². The van der Waals surface area contributed by atoms with Crippen molar-refractivity contribution in [2.45, 2.75) is 6.42 Å². The van der Waals surface area contributed by atoms with Crippen molar-refractivity contribution < 1.29 is 4.79 Å². The predicted molar refractivity (Wildman–Crippen MR) is 69.4 cm³/mol. The van der Waals surface area contributed by atoms with Crippen LogP contribution in [-0.4, -0.2) is 30.3 Å². The van der Waals surface area contributed by atoms with Crippen LogP contribution >= 0.6 is 0 Å². The zero-order valence-electron chi connectivity index (χ0n) is 9.87. The maximum absolute atomic E-state index is 11.5. The average molecular weight is 251 g/mol. The van der Waals surface area contributed by atoms with Gasteiger partial charge in [0, 0.05) is 18.2 Å². The molecule has 1 aliphatic carbocycles. The summed E-state index contributed by atoms with van der Waals surface area (Å²) < 4.78 is 1.86. The van der Waals surface area contributed by atoms with Crippen LogP contribution in [0.4, 0.5) is 0 Å². The van der Waals surface area contributed by atoms with Crippen molar-refractivity contribution in [3.8, 4) is 0 Å². The summed E-state index contributed by atoms with van der Waals surface area (Å²) in [7, 11) is 0. The molecule has 0 fully saturated rings. The van der Waals surface area contributed by atoms with Gasteiger partial charge in [-0.15, -0.1) is 10.2 Å². The van der Waals surface area contributed by atoms with Crippen molar-refractivity contribution in [2.75, 3.05) is 0 Å². The predicted octanol–water partition coefficient (Wildman–Crippen LogP) is 1.52. The van der Waals surface area contributed by atoms with E-state index in [1.165, 1.54) is 0 Å². The lowest BCUT2D eigenvalue weighted by molar-refractivity contribution is -0.113. The molecule has 19 heavy (non-hydrogen) atoms. The third-order valence-corrected chi connectivity index (χ3v) is 3.20. The van der Waals surface area contributed by atoms with Crippen LogP contribution in [0.1, 0.15) is 12.0 Å². The SMILES string of the molecule is O=C1C=C(c2c[nH]c3ncc4nncn4c23)C=CC1. The van der Waals surface area contributed by atoms with Crippen molar-refractivity contribution in [3.63, 3.8) is 0 Å². The number of rotatable bonds is 1. The van der Waals surface area contributed by atoms with E-state index in [1.54, 1.807) is 18.6 Å². The molecule has 1 aliphatic rings. The molecule has 0 bridgehead atoms. The van der Waals surface area contributed by atoms with Crippen LogP contribution < -0.4 is 0 Å².